The van der Waals surface area contributed by atoms with E-state index in [9.17, 15) is 8.42 Å². The molecule has 0 saturated carbocycles. The first-order valence-electron chi connectivity index (χ1n) is 7.03. The van der Waals surface area contributed by atoms with E-state index in [2.05, 4.69) is 19.9 Å². The maximum atomic E-state index is 12.5. The summed E-state index contributed by atoms with van der Waals surface area (Å²) in [5, 5.41) is 11.2. The molecule has 9 nitrogen and oxygen atoms in total. The van der Waals surface area contributed by atoms with Gasteiger partial charge in [0.05, 0.1) is 19.9 Å². The predicted octanol–water partition coefficient (Wildman–Crippen LogP) is 0.705. The van der Waals surface area contributed by atoms with Crippen molar-refractivity contribution in [3.8, 4) is 11.8 Å². The van der Waals surface area contributed by atoms with Gasteiger partial charge in [-0.2, -0.15) is 4.31 Å². The van der Waals surface area contributed by atoms with Gasteiger partial charge >= 0.3 is 0 Å². The Morgan fingerprint density at radius 3 is 2.74 bits per heavy atom. The third kappa shape index (κ3) is 3.42. The van der Waals surface area contributed by atoms with E-state index in [0.717, 1.165) is 12.7 Å². The van der Waals surface area contributed by atoms with Crippen LogP contribution in [0.5, 0.6) is 11.8 Å². The second kappa shape index (κ2) is 6.50. The summed E-state index contributed by atoms with van der Waals surface area (Å²) in [7, 11) is -2.11. The number of aromatic nitrogens is 3. The molecule has 1 fully saturated rings. The number of hydrogen-bond donors (Lipinski definition) is 0. The van der Waals surface area contributed by atoms with Gasteiger partial charge in [0.25, 0.3) is 0 Å². The monoisotopic (exact) mass is 340 g/mol. The fourth-order valence-corrected chi connectivity index (χ4v) is 3.71. The van der Waals surface area contributed by atoms with E-state index in [4.69, 9.17) is 9.47 Å². The van der Waals surface area contributed by atoms with Gasteiger partial charge in [-0.1, -0.05) is 5.16 Å². The Balaban J connectivity index is 1.68. The van der Waals surface area contributed by atoms with Gasteiger partial charge in [0.15, 0.2) is 0 Å². The lowest BCUT2D eigenvalue weighted by Crippen LogP contribution is -2.44. The summed E-state index contributed by atoms with van der Waals surface area (Å²) in [6, 6.07) is 3.27. The van der Waals surface area contributed by atoms with Crippen molar-refractivity contribution < 1.29 is 22.4 Å². The third-order valence-corrected chi connectivity index (χ3v) is 5.31. The highest BCUT2D eigenvalue weighted by atomic mass is 32.2. The first-order chi connectivity index (χ1) is 11.1. The minimum Gasteiger partial charge on any atom is -0.480 e. The van der Waals surface area contributed by atoms with Gasteiger partial charge in [0.1, 0.15) is 17.3 Å². The van der Waals surface area contributed by atoms with Gasteiger partial charge in [-0.3, -0.25) is 0 Å². The molecule has 1 unspecified atom stereocenters. The Labute approximate surface area is 133 Å². The topological polar surface area (TPSA) is 108 Å². The zero-order chi connectivity index (χ0) is 16.3. The van der Waals surface area contributed by atoms with Crippen LogP contribution >= 0.6 is 0 Å². The van der Waals surface area contributed by atoms with Gasteiger partial charge in [0, 0.05) is 18.7 Å². The molecule has 2 aromatic heterocycles. The van der Waals surface area contributed by atoms with E-state index in [0.29, 0.717) is 24.7 Å². The van der Waals surface area contributed by atoms with Crippen molar-refractivity contribution in [3.63, 3.8) is 0 Å². The molecular formula is C13H16N4O5S. The van der Waals surface area contributed by atoms with Gasteiger partial charge in [0.2, 0.25) is 21.8 Å². The normalized spacial score (nSPS) is 19.4. The first-order valence-corrected chi connectivity index (χ1v) is 8.47. The Morgan fingerprint density at radius 2 is 2.09 bits per heavy atom. The standard InChI is InChI=1S/C13H16N4O5S/c1-20-12-4-5-13(16-15-12)22-10-3-2-6-17(8-10)23(18,19)11-7-14-21-9-11/h4-5,7,9-10H,2-3,6,8H2,1H3. The minimum atomic E-state index is -3.61. The van der Waals surface area contributed by atoms with E-state index in [1.807, 2.05) is 0 Å². The van der Waals surface area contributed by atoms with E-state index in [1.54, 1.807) is 12.1 Å². The Morgan fingerprint density at radius 1 is 1.30 bits per heavy atom. The fourth-order valence-electron chi connectivity index (χ4n) is 2.34. The first kappa shape index (κ1) is 15.7. The van der Waals surface area contributed by atoms with Gasteiger partial charge in [-0.15, -0.1) is 10.2 Å². The van der Waals surface area contributed by atoms with Crippen LogP contribution in [-0.2, 0) is 10.0 Å². The van der Waals surface area contributed by atoms with Crippen molar-refractivity contribution in [1.29, 1.82) is 0 Å². The highest BCUT2D eigenvalue weighted by Crippen LogP contribution is 2.23. The van der Waals surface area contributed by atoms with Crippen LogP contribution < -0.4 is 9.47 Å². The number of sulfonamides is 1. The Kier molecular flexibility index (Phi) is 4.44. The summed E-state index contributed by atoms with van der Waals surface area (Å²) < 4.78 is 41.5. The molecule has 0 radical (unpaired) electrons. The summed E-state index contributed by atoms with van der Waals surface area (Å²) in [6.45, 7) is 0.670. The molecule has 1 aliphatic rings. The molecule has 3 rings (SSSR count). The van der Waals surface area contributed by atoms with Crippen LogP contribution in [0.1, 0.15) is 12.8 Å². The lowest BCUT2D eigenvalue weighted by Gasteiger charge is -2.31. The van der Waals surface area contributed by atoms with E-state index in [-0.39, 0.29) is 17.5 Å². The van der Waals surface area contributed by atoms with E-state index < -0.39 is 10.0 Å². The lowest BCUT2D eigenvalue weighted by atomic mass is 10.1. The minimum absolute atomic E-state index is 0.0439. The number of methoxy groups -OCH3 is 1. The fraction of sp³-hybridized carbons (Fsp3) is 0.462. The van der Waals surface area contributed by atoms with Crippen molar-refractivity contribution in [2.45, 2.75) is 23.8 Å². The second-order valence-electron chi connectivity index (χ2n) is 5.02. The molecule has 0 amide bonds. The number of ether oxygens (including phenoxy) is 2. The van der Waals surface area contributed by atoms with Crippen LogP contribution in [0.2, 0.25) is 0 Å². The number of piperidine rings is 1. The molecule has 1 aliphatic heterocycles. The average Bonchev–Trinajstić information content (AvgIpc) is 3.11. The molecule has 0 bridgehead atoms. The summed E-state index contributed by atoms with van der Waals surface area (Å²) in [5.74, 6) is 0.720. The number of nitrogens with zero attached hydrogens (tertiary/aromatic N) is 4. The molecule has 0 aromatic carbocycles. The number of hydrogen-bond acceptors (Lipinski definition) is 8. The molecule has 0 aliphatic carbocycles. The van der Waals surface area contributed by atoms with Crippen molar-refractivity contribution in [2.24, 2.45) is 0 Å². The van der Waals surface area contributed by atoms with Crippen LogP contribution in [0, 0.1) is 0 Å². The summed E-state index contributed by atoms with van der Waals surface area (Å²) in [5.41, 5.74) is 0. The molecule has 124 valence electrons. The average molecular weight is 340 g/mol. The molecule has 2 aromatic rings. The second-order valence-corrected chi connectivity index (χ2v) is 6.96. The molecule has 3 heterocycles. The summed E-state index contributed by atoms with van der Waals surface area (Å²) in [6.07, 6.45) is 3.45. The zero-order valence-corrected chi connectivity index (χ0v) is 13.3. The smallest absolute Gasteiger partial charge is 0.248 e. The van der Waals surface area contributed by atoms with Crippen molar-refractivity contribution in [1.82, 2.24) is 19.7 Å². The number of rotatable bonds is 5. The van der Waals surface area contributed by atoms with Crippen LogP contribution in [0.25, 0.3) is 0 Å². The maximum Gasteiger partial charge on any atom is 0.248 e. The van der Waals surface area contributed by atoms with E-state index >= 15 is 0 Å². The Bertz CT molecular complexity index is 732. The summed E-state index contributed by atoms with van der Waals surface area (Å²) in [4.78, 5) is 0.0439. The maximum absolute atomic E-state index is 12.5. The van der Waals surface area contributed by atoms with Crippen molar-refractivity contribution in [2.75, 3.05) is 20.2 Å². The molecule has 0 N–H and O–H groups in total. The molecule has 10 heteroatoms. The van der Waals surface area contributed by atoms with Crippen LogP contribution in [0.15, 0.2) is 34.0 Å². The SMILES string of the molecule is COc1ccc(OC2CCCN(S(=O)(=O)c3cnoc3)C2)nn1. The third-order valence-electron chi connectivity index (χ3n) is 3.50. The molecular weight excluding hydrogens is 324 g/mol. The highest BCUT2D eigenvalue weighted by molar-refractivity contribution is 7.89. The molecule has 0 spiro atoms. The molecule has 23 heavy (non-hydrogen) atoms. The van der Waals surface area contributed by atoms with Crippen molar-refractivity contribution >= 4 is 10.0 Å². The zero-order valence-electron chi connectivity index (χ0n) is 12.5. The quantitative estimate of drug-likeness (QED) is 0.783. The predicted molar refractivity (Wildman–Crippen MR) is 77.5 cm³/mol. The Hall–Kier alpha value is -2.20. The van der Waals surface area contributed by atoms with Gasteiger partial charge in [-0.05, 0) is 12.8 Å². The lowest BCUT2D eigenvalue weighted by molar-refractivity contribution is 0.123. The molecule has 1 atom stereocenters. The molecule has 1 saturated heterocycles. The van der Waals surface area contributed by atoms with Crippen LogP contribution in [-0.4, -0.2) is 54.4 Å². The largest absolute Gasteiger partial charge is 0.480 e. The van der Waals surface area contributed by atoms with Crippen LogP contribution in [0.3, 0.4) is 0 Å². The summed E-state index contributed by atoms with van der Waals surface area (Å²) >= 11 is 0. The van der Waals surface area contributed by atoms with Gasteiger partial charge in [-0.25, -0.2) is 8.42 Å². The van der Waals surface area contributed by atoms with Crippen molar-refractivity contribution in [3.05, 3.63) is 24.6 Å². The van der Waals surface area contributed by atoms with Gasteiger partial charge < -0.3 is 14.0 Å². The highest BCUT2D eigenvalue weighted by Gasteiger charge is 2.32. The van der Waals surface area contributed by atoms with Crippen LogP contribution in [0.4, 0.5) is 0 Å². The van der Waals surface area contributed by atoms with E-state index in [1.165, 1.54) is 17.6 Å².